The van der Waals surface area contributed by atoms with Crippen LogP contribution in [-0.2, 0) is 13.0 Å². The topological polar surface area (TPSA) is 29.9 Å². The second-order valence-corrected chi connectivity index (χ2v) is 3.66. The van der Waals surface area contributed by atoms with E-state index in [4.69, 9.17) is 0 Å². The largest absolute Gasteiger partial charge is 0.337 e. The maximum absolute atomic E-state index is 4.36. The molecule has 80 valence electrons. The van der Waals surface area contributed by atoms with E-state index in [1.807, 2.05) is 13.4 Å². The predicted octanol–water partition coefficient (Wildman–Crippen LogP) is 1.84. The molecule has 0 fully saturated rings. The van der Waals surface area contributed by atoms with Crippen LogP contribution in [-0.4, -0.2) is 23.1 Å². The first-order valence-corrected chi connectivity index (χ1v) is 5.52. The van der Waals surface area contributed by atoms with E-state index in [1.165, 1.54) is 25.0 Å². The summed E-state index contributed by atoms with van der Waals surface area (Å²) in [6.45, 7) is 4.35. The number of aryl methyl sites for hydroxylation is 1. The van der Waals surface area contributed by atoms with Crippen LogP contribution in [0.5, 0.6) is 0 Å². The minimum atomic E-state index is 1.01. The van der Waals surface area contributed by atoms with Gasteiger partial charge < -0.3 is 9.88 Å². The van der Waals surface area contributed by atoms with Gasteiger partial charge in [-0.05, 0) is 13.5 Å². The van der Waals surface area contributed by atoms with Crippen LogP contribution >= 0.6 is 0 Å². The number of nitrogens with one attached hydrogen (secondary N) is 1. The zero-order valence-electron chi connectivity index (χ0n) is 9.29. The first-order chi connectivity index (χ1) is 6.86. The van der Waals surface area contributed by atoms with Crippen molar-refractivity contribution in [3.05, 3.63) is 18.2 Å². The van der Waals surface area contributed by atoms with Gasteiger partial charge in [0.25, 0.3) is 0 Å². The van der Waals surface area contributed by atoms with Gasteiger partial charge in [-0.3, -0.25) is 0 Å². The molecule has 0 amide bonds. The summed E-state index contributed by atoms with van der Waals surface area (Å²) in [6.07, 6.45) is 8.98. The van der Waals surface area contributed by atoms with Crippen LogP contribution in [0.2, 0.25) is 0 Å². The van der Waals surface area contributed by atoms with E-state index in [1.54, 1.807) is 0 Å². The predicted molar refractivity (Wildman–Crippen MR) is 59.4 cm³/mol. The molecule has 3 heteroatoms. The van der Waals surface area contributed by atoms with Gasteiger partial charge in [0.2, 0.25) is 0 Å². The maximum atomic E-state index is 4.36. The fourth-order valence-corrected chi connectivity index (χ4v) is 1.46. The highest BCUT2D eigenvalue weighted by atomic mass is 15.0. The summed E-state index contributed by atoms with van der Waals surface area (Å²) in [7, 11) is 1.97. The Morgan fingerprint density at radius 2 is 2.29 bits per heavy atom. The van der Waals surface area contributed by atoms with Crippen LogP contribution in [0.1, 0.15) is 31.9 Å². The second-order valence-electron chi connectivity index (χ2n) is 3.66. The van der Waals surface area contributed by atoms with E-state index in [9.17, 15) is 0 Å². The second kappa shape index (κ2) is 6.60. The van der Waals surface area contributed by atoms with Crippen LogP contribution in [0, 0.1) is 0 Å². The number of hydrogen-bond donors (Lipinski definition) is 1. The molecule has 0 bridgehead atoms. The molecular weight excluding hydrogens is 174 g/mol. The van der Waals surface area contributed by atoms with Crippen molar-refractivity contribution in [2.24, 2.45) is 0 Å². The van der Waals surface area contributed by atoms with Gasteiger partial charge in [0, 0.05) is 25.7 Å². The molecule has 0 saturated carbocycles. The van der Waals surface area contributed by atoms with Gasteiger partial charge in [-0.1, -0.05) is 19.8 Å². The Balaban J connectivity index is 2.27. The molecule has 0 aliphatic carbocycles. The van der Waals surface area contributed by atoms with E-state index in [2.05, 4.69) is 28.0 Å². The molecule has 3 nitrogen and oxygen atoms in total. The van der Waals surface area contributed by atoms with Crippen molar-refractivity contribution >= 4 is 0 Å². The highest BCUT2D eigenvalue weighted by Crippen LogP contribution is 2.01. The lowest BCUT2D eigenvalue weighted by Crippen LogP contribution is -2.10. The molecule has 0 unspecified atom stereocenters. The molecule has 0 radical (unpaired) electrons. The van der Waals surface area contributed by atoms with Crippen molar-refractivity contribution < 1.29 is 0 Å². The third-order valence-electron chi connectivity index (χ3n) is 2.34. The van der Waals surface area contributed by atoms with E-state index in [-0.39, 0.29) is 0 Å². The molecule has 14 heavy (non-hydrogen) atoms. The smallest absolute Gasteiger partial charge is 0.0949 e. The number of nitrogens with zero attached hydrogens (tertiary/aromatic N) is 2. The van der Waals surface area contributed by atoms with Crippen LogP contribution in [0.25, 0.3) is 0 Å². The van der Waals surface area contributed by atoms with E-state index in [0.717, 1.165) is 19.5 Å². The van der Waals surface area contributed by atoms with E-state index < -0.39 is 0 Å². The Morgan fingerprint density at radius 1 is 1.43 bits per heavy atom. The molecule has 0 aliphatic heterocycles. The molecule has 1 aromatic heterocycles. The first-order valence-electron chi connectivity index (χ1n) is 5.52. The molecular formula is C11H21N3. The average Bonchev–Trinajstić information content (AvgIpc) is 2.63. The van der Waals surface area contributed by atoms with Gasteiger partial charge in [-0.2, -0.15) is 0 Å². The van der Waals surface area contributed by atoms with Gasteiger partial charge in [0.05, 0.1) is 12.0 Å². The first kappa shape index (κ1) is 11.2. The molecule has 0 spiro atoms. The fraction of sp³-hybridized carbons (Fsp3) is 0.727. The summed E-state index contributed by atoms with van der Waals surface area (Å²) < 4.78 is 2.20. The van der Waals surface area contributed by atoms with Crippen molar-refractivity contribution in [2.45, 2.75) is 39.2 Å². The Bertz CT molecular complexity index is 242. The SMILES string of the molecule is CCCCCn1cnc(CCNC)c1. The lowest BCUT2D eigenvalue weighted by molar-refractivity contribution is 0.601. The van der Waals surface area contributed by atoms with Gasteiger partial charge in [-0.15, -0.1) is 0 Å². The Labute approximate surface area is 86.5 Å². The van der Waals surface area contributed by atoms with Crippen molar-refractivity contribution in [1.82, 2.24) is 14.9 Å². The molecule has 1 N–H and O–H groups in total. The lowest BCUT2D eigenvalue weighted by Gasteiger charge is -1.99. The van der Waals surface area contributed by atoms with Gasteiger partial charge in [-0.25, -0.2) is 4.98 Å². The molecule has 0 aliphatic rings. The number of aromatic nitrogens is 2. The highest BCUT2D eigenvalue weighted by molar-refractivity contribution is 4.97. The number of hydrogen-bond acceptors (Lipinski definition) is 2. The van der Waals surface area contributed by atoms with Crippen LogP contribution in [0.15, 0.2) is 12.5 Å². The molecule has 0 aromatic carbocycles. The average molecular weight is 195 g/mol. The summed E-state index contributed by atoms with van der Waals surface area (Å²) in [5.74, 6) is 0. The monoisotopic (exact) mass is 195 g/mol. The number of likely N-dealkylation sites (N-methyl/N-ethyl adjacent to an activating group) is 1. The summed E-state index contributed by atoms with van der Waals surface area (Å²) in [5.41, 5.74) is 1.19. The highest BCUT2D eigenvalue weighted by Gasteiger charge is 1.97. The standard InChI is InChI=1S/C11H21N3/c1-3-4-5-8-14-9-11(13-10-14)6-7-12-2/h9-10,12H,3-8H2,1-2H3. The molecule has 1 aromatic rings. The summed E-state index contributed by atoms with van der Waals surface area (Å²) in [5, 5.41) is 3.13. The van der Waals surface area contributed by atoms with E-state index >= 15 is 0 Å². The van der Waals surface area contributed by atoms with Crippen LogP contribution in [0.3, 0.4) is 0 Å². The molecule has 0 atom stereocenters. The van der Waals surface area contributed by atoms with Crippen molar-refractivity contribution in [2.75, 3.05) is 13.6 Å². The van der Waals surface area contributed by atoms with Crippen molar-refractivity contribution in [1.29, 1.82) is 0 Å². The zero-order chi connectivity index (χ0) is 10.2. The number of unbranched alkanes of at least 4 members (excludes halogenated alkanes) is 2. The third kappa shape index (κ3) is 3.92. The Hall–Kier alpha value is -0.830. The molecule has 0 saturated heterocycles. The quantitative estimate of drug-likeness (QED) is 0.673. The summed E-state index contributed by atoms with van der Waals surface area (Å²) >= 11 is 0. The summed E-state index contributed by atoms with van der Waals surface area (Å²) in [4.78, 5) is 4.36. The van der Waals surface area contributed by atoms with Crippen LogP contribution in [0.4, 0.5) is 0 Å². The Morgan fingerprint density at radius 3 is 3.00 bits per heavy atom. The van der Waals surface area contributed by atoms with E-state index in [0.29, 0.717) is 0 Å². The minimum absolute atomic E-state index is 1.01. The van der Waals surface area contributed by atoms with Crippen molar-refractivity contribution in [3.8, 4) is 0 Å². The lowest BCUT2D eigenvalue weighted by atomic mass is 10.2. The fourth-order valence-electron chi connectivity index (χ4n) is 1.46. The molecule has 1 rings (SSSR count). The number of imidazole rings is 1. The van der Waals surface area contributed by atoms with Gasteiger partial charge >= 0.3 is 0 Å². The zero-order valence-corrected chi connectivity index (χ0v) is 9.29. The number of rotatable bonds is 7. The normalized spacial score (nSPS) is 10.7. The molecule has 1 heterocycles. The van der Waals surface area contributed by atoms with Crippen molar-refractivity contribution in [3.63, 3.8) is 0 Å². The van der Waals surface area contributed by atoms with Gasteiger partial charge in [0.15, 0.2) is 0 Å². The van der Waals surface area contributed by atoms with Gasteiger partial charge in [0.1, 0.15) is 0 Å². The third-order valence-corrected chi connectivity index (χ3v) is 2.34. The maximum Gasteiger partial charge on any atom is 0.0949 e. The minimum Gasteiger partial charge on any atom is -0.337 e. The Kier molecular flexibility index (Phi) is 5.30. The summed E-state index contributed by atoms with van der Waals surface area (Å²) in [6, 6.07) is 0. The van der Waals surface area contributed by atoms with Crippen LogP contribution < -0.4 is 5.32 Å².